The summed E-state index contributed by atoms with van der Waals surface area (Å²) in [7, 11) is -2.80. The molecule has 94 valence electrons. The summed E-state index contributed by atoms with van der Waals surface area (Å²) in [6, 6.07) is 5.76. The molecule has 0 amide bonds. The minimum Gasteiger partial charge on any atom is -0.493 e. The first kappa shape index (κ1) is 12.9. The Balaban J connectivity index is 1.97. The van der Waals surface area contributed by atoms with E-state index < -0.39 is 9.84 Å². The molecule has 1 saturated heterocycles. The normalized spacial score (nSPS) is 20.6. The summed E-state index contributed by atoms with van der Waals surface area (Å²) in [6.07, 6.45) is 0. The lowest BCUT2D eigenvalue weighted by atomic mass is 9.96. The number of rotatable bonds is 3. The summed E-state index contributed by atoms with van der Waals surface area (Å²) in [5.74, 6) is 1.25. The van der Waals surface area contributed by atoms with Crippen LogP contribution in [0.3, 0.4) is 0 Å². The van der Waals surface area contributed by atoms with Crippen LogP contribution in [0.4, 0.5) is 0 Å². The molecule has 1 aromatic carbocycles. The number of aryl methyl sites for hydroxylation is 1. The van der Waals surface area contributed by atoms with Crippen LogP contribution in [0, 0.1) is 12.3 Å². The average molecular weight is 319 g/mol. The summed E-state index contributed by atoms with van der Waals surface area (Å²) in [5, 5.41) is 0. The molecule has 0 aromatic heterocycles. The van der Waals surface area contributed by atoms with Crippen molar-refractivity contribution in [3.05, 3.63) is 28.2 Å². The lowest BCUT2D eigenvalue weighted by molar-refractivity contribution is 0.188. The van der Waals surface area contributed by atoms with Crippen LogP contribution in [-0.4, -0.2) is 26.5 Å². The second-order valence-electron chi connectivity index (χ2n) is 5.04. The lowest BCUT2D eigenvalue weighted by Crippen LogP contribution is -2.49. The van der Waals surface area contributed by atoms with Crippen molar-refractivity contribution in [2.24, 2.45) is 5.41 Å². The molecule has 0 saturated carbocycles. The first-order valence-electron chi connectivity index (χ1n) is 5.39. The van der Waals surface area contributed by atoms with E-state index >= 15 is 0 Å². The predicted octanol–water partition coefficient (Wildman–Crippen LogP) is 2.57. The van der Waals surface area contributed by atoms with Crippen molar-refractivity contribution >= 4 is 25.8 Å². The van der Waals surface area contributed by atoms with Crippen molar-refractivity contribution in [3.63, 3.8) is 0 Å². The fourth-order valence-electron chi connectivity index (χ4n) is 2.07. The Hall–Kier alpha value is -0.550. The van der Waals surface area contributed by atoms with Gasteiger partial charge in [0.1, 0.15) is 5.75 Å². The third kappa shape index (κ3) is 3.01. The van der Waals surface area contributed by atoms with Crippen LogP contribution in [-0.2, 0) is 9.84 Å². The standard InChI is InChI=1S/C12H15BrO3S/c1-9-5-10(3-4-11(9)13)16-6-12(2)7-17(14,15)8-12/h3-5H,6-8H2,1-2H3. The zero-order valence-corrected chi connectivity index (χ0v) is 12.3. The van der Waals surface area contributed by atoms with Gasteiger partial charge in [-0.05, 0) is 30.7 Å². The zero-order valence-electron chi connectivity index (χ0n) is 9.86. The van der Waals surface area contributed by atoms with Crippen LogP contribution in [0.5, 0.6) is 5.75 Å². The molecule has 1 aliphatic rings. The van der Waals surface area contributed by atoms with E-state index in [0.29, 0.717) is 6.61 Å². The fourth-order valence-corrected chi connectivity index (χ4v) is 4.52. The van der Waals surface area contributed by atoms with Crippen molar-refractivity contribution in [2.45, 2.75) is 13.8 Å². The molecule has 0 spiro atoms. The number of hydrogen-bond donors (Lipinski definition) is 0. The molecule has 1 heterocycles. The van der Waals surface area contributed by atoms with Crippen molar-refractivity contribution < 1.29 is 13.2 Å². The number of ether oxygens (including phenoxy) is 1. The first-order valence-corrected chi connectivity index (χ1v) is 8.01. The van der Waals surface area contributed by atoms with Crippen LogP contribution in [0.1, 0.15) is 12.5 Å². The topological polar surface area (TPSA) is 43.4 Å². The highest BCUT2D eigenvalue weighted by Gasteiger charge is 2.45. The highest BCUT2D eigenvalue weighted by Crippen LogP contribution is 2.33. The largest absolute Gasteiger partial charge is 0.493 e. The number of halogens is 1. The van der Waals surface area contributed by atoms with Gasteiger partial charge in [0.2, 0.25) is 0 Å². The molecule has 0 radical (unpaired) electrons. The molecule has 3 nitrogen and oxygen atoms in total. The highest BCUT2D eigenvalue weighted by molar-refractivity contribution is 9.10. The second kappa shape index (κ2) is 4.28. The predicted molar refractivity (Wildman–Crippen MR) is 71.1 cm³/mol. The summed E-state index contributed by atoms with van der Waals surface area (Å²) in [4.78, 5) is 0. The zero-order chi connectivity index (χ0) is 12.7. The average Bonchev–Trinajstić information content (AvgIpc) is 2.17. The Morgan fingerprint density at radius 1 is 1.41 bits per heavy atom. The molecule has 2 rings (SSSR count). The van der Waals surface area contributed by atoms with E-state index in [0.717, 1.165) is 15.8 Å². The van der Waals surface area contributed by atoms with Gasteiger partial charge in [0.05, 0.1) is 18.1 Å². The van der Waals surface area contributed by atoms with E-state index in [9.17, 15) is 8.42 Å². The van der Waals surface area contributed by atoms with Crippen LogP contribution in [0.15, 0.2) is 22.7 Å². The van der Waals surface area contributed by atoms with E-state index in [-0.39, 0.29) is 16.9 Å². The van der Waals surface area contributed by atoms with Crippen LogP contribution in [0.2, 0.25) is 0 Å². The number of benzene rings is 1. The maximum atomic E-state index is 11.2. The van der Waals surface area contributed by atoms with Gasteiger partial charge in [0.25, 0.3) is 0 Å². The molecule has 0 aliphatic carbocycles. The molecule has 1 fully saturated rings. The molecular formula is C12H15BrO3S. The Bertz CT molecular complexity index is 525. The Kier molecular flexibility index (Phi) is 3.25. The van der Waals surface area contributed by atoms with Crippen molar-refractivity contribution in [2.75, 3.05) is 18.1 Å². The van der Waals surface area contributed by atoms with E-state index in [1.165, 1.54) is 0 Å². The fraction of sp³-hybridized carbons (Fsp3) is 0.500. The third-order valence-corrected chi connectivity index (χ3v) is 6.02. The molecule has 0 bridgehead atoms. The summed E-state index contributed by atoms with van der Waals surface area (Å²) in [5.41, 5.74) is 0.883. The molecule has 0 atom stereocenters. The molecule has 1 aliphatic heterocycles. The SMILES string of the molecule is Cc1cc(OCC2(C)CS(=O)(=O)C2)ccc1Br. The quantitative estimate of drug-likeness (QED) is 0.860. The lowest BCUT2D eigenvalue weighted by Gasteiger charge is -2.37. The molecule has 17 heavy (non-hydrogen) atoms. The van der Waals surface area contributed by atoms with E-state index in [4.69, 9.17) is 4.74 Å². The Morgan fingerprint density at radius 2 is 2.06 bits per heavy atom. The minimum atomic E-state index is -2.80. The van der Waals surface area contributed by atoms with Gasteiger partial charge >= 0.3 is 0 Å². The second-order valence-corrected chi connectivity index (χ2v) is 7.96. The minimum absolute atomic E-state index is 0.222. The summed E-state index contributed by atoms with van der Waals surface area (Å²) < 4.78 is 29.0. The van der Waals surface area contributed by atoms with Gasteiger partial charge in [-0.1, -0.05) is 22.9 Å². The van der Waals surface area contributed by atoms with Crippen molar-refractivity contribution in [1.82, 2.24) is 0 Å². The van der Waals surface area contributed by atoms with Crippen LogP contribution in [0.25, 0.3) is 0 Å². The summed E-state index contributed by atoms with van der Waals surface area (Å²) in [6.45, 7) is 4.39. The maximum Gasteiger partial charge on any atom is 0.151 e. The van der Waals surface area contributed by atoms with Crippen molar-refractivity contribution in [3.8, 4) is 5.75 Å². The van der Waals surface area contributed by atoms with Gasteiger partial charge in [0, 0.05) is 9.89 Å². The molecule has 0 N–H and O–H groups in total. The van der Waals surface area contributed by atoms with Crippen molar-refractivity contribution in [1.29, 1.82) is 0 Å². The van der Waals surface area contributed by atoms with Gasteiger partial charge in [0.15, 0.2) is 9.84 Å². The van der Waals surface area contributed by atoms with Gasteiger partial charge in [-0.25, -0.2) is 8.42 Å². The van der Waals surface area contributed by atoms with E-state index in [1.807, 2.05) is 32.0 Å². The third-order valence-electron chi connectivity index (χ3n) is 2.85. The monoisotopic (exact) mass is 318 g/mol. The Labute approximate surface area is 110 Å². The van der Waals surface area contributed by atoms with Crippen LogP contribution < -0.4 is 4.74 Å². The number of sulfone groups is 1. The molecule has 5 heteroatoms. The van der Waals surface area contributed by atoms with E-state index in [2.05, 4.69) is 15.9 Å². The molecule has 0 unspecified atom stereocenters. The Morgan fingerprint density at radius 3 is 2.59 bits per heavy atom. The molecule has 1 aromatic rings. The highest BCUT2D eigenvalue weighted by atomic mass is 79.9. The van der Waals surface area contributed by atoms with Gasteiger partial charge < -0.3 is 4.74 Å². The maximum absolute atomic E-state index is 11.2. The van der Waals surface area contributed by atoms with Gasteiger partial charge in [-0.2, -0.15) is 0 Å². The number of hydrogen-bond acceptors (Lipinski definition) is 3. The smallest absolute Gasteiger partial charge is 0.151 e. The van der Waals surface area contributed by atoms with E-state index in [1.54, 1.807) is 0 Å². The van der Waals surface area contributed by atoms with Crippen LogP contribution >= 0.6 is 15.9 Å². The summed E-state index contributed by atoms with van der Waals surface area (Å²) >= 11 is 3.42. The van der Waals surface area contributed by atoms with Gasteiger partial charge in [-0.3, -0.25) is 0 Å². The first-order chi connectivity index (χ1) is 7.80. The van der Waals surface area contributed by atoms with Gasteiger partial charge in [-0.15, -0.1) is 0 Å². The molecular weight excluding hydrogens is 304 g/mol.